The fraction of sp³-hybridized carbons (Fsp3) is 1.00. The largest absolute Gasteiger partial charge is 2.00 e. The minimum absolute atomic E-state index is 0. The van der Waals surface area contributed by atoms with Gasteiger partial charge >= 0.3 is 46.1 Å². The molecular weight excluding hydrogens is 881 g/mol. The van der Waals surface area contributed by atoms with Crippen molar-refractivity contribution < 1.29 is 106 Å². The fourth-order valence-corrected chi connectivity index (χ4v) is 4.08. The second-order valence-electron chi connectivity index (χ2n) is 10.6. The Bertz CT molecular complexity index is 273. The van der Waals surface area contributed by atoms with E-state index in [9.17, 15) is 0 Å². The zero-order valence-electron chi connectivity index (χ0n) is 28.8. The van der Waals surface area contributed by atoms with Crippen molar-refractivity contribution in [2.24, 2.45) is 0 Å². The molecule has 8 saturated heterocycles. The first kappa shape index (κ1) is 61.2. The molecule has 0 amide bonds. The number of ether oxygens (including phenoxy) is 8. The molecule has 14 heteroatoms. The summed E-state index contributed by atoms with van der Waals surface area (Å²) < 4.78 is 39.6. The maximum Gasteiger partial charge on any atom is 2.00 e. The third-order valence-electron chi connectivity index (χ3n) is 6.62. The van der Waals surface area contributed by atoms with E-state index in [4.69, 9.17) is 37.9 Å². The summed E-state index contributed by atoms with van der Waals surface area (Å²) in [4.78, 5) is 0. The van der Waals surface area contributed by atoms with Crippen molar-refractivity contribution in [1.82, 2.24) is 0 Å². The summed E-state index contributed by atoms with van der Waals surface area (Å²) in [6.45, 7) is 16.0. The SMILES string of the molecule is C1CCOC1.C1CCOC1.C1CCOC1.C1CCOC1.C1CCOC1.C1CCOC1.C1CCOC1.C1CCOC1.[Br-].[Br-].[Br-].[Br-].[Mg+2].[Mg+2]. The summed E-state index contributed by atoms with van der Waals surface area (Å²) in [6, 6.07) is 0. The Morgan fingerprint density at radius 1 is 0.152 bits per heavy atom. The van der Waals surface area contributed by atoms with Crippen LogP contribution in [0.5, 0.6) is 0 Å². The van der Waals surface area contributed by atoms with Gasteiger partial charge in [-0.3, -0.25) is 0 Å². The van der Waals surface area contributed by atoms with Gasteiger partial charge in [-0.15, -0.1) is 0 Å². The van der Waals surface area contributed by atoms with Crippen LogP contribution >= 0.6 is 0 Å². The molecule has 0 aromatic carbocycles. The molecule has 0 aromatic rings. The van der Waals surface area contributed by atoms with E-state index >= 15 is 0 Å². The van der Waals surface area contributed by atoms with Crippen LogP contribution in [-0.2, 0) is 37.9 Å². The molecule has 0 atom stereocenters. The Morgan fingerprint density at radius 2 is 0.217 bits per heavy atom. The minimum Gasteiger partial charge on any atom is -1.00 e. The summed E-state index contributed by atoms with van der Waals surface area (Å²) in [5, 5.41) is 0. The van der Waals surface area contributed by atoms with E-state index in [1.165, 1.54) is 103 Å². The monoisotopic (exact) mass is 940 g/mol. The molecule has 0 radical (unpaired) electrons. The second-order valence-corrected chi connectivity index (χ2v) is 10.6. The van der Waals surface area contributed by atoms with E-state index in [2.05, 4.69) is 0 Å². The maximum atomic E-state index is 4.94. The molecule has 8 nitrogen and oxygen atoms in total. The number of rotatable bonds is 0. The zero-order chi connectivity index (χ0) is 28.3. The summed E-state index contributed by atoms with van der Waals surface area (Å²) in [6.07, 6.45) is 20.4. The van der Waals surface area contributed by atoms with Crippen LogP contribution in [0.15, 0.2) is 0 Å². The molecule has 0 spiro atoms. The minimum atomic E-state index is 0. The van der Waals surface area contributed by atoms with Crippen LogP contribution in [0.1, 0.15) is 103 Å². The molecule has 8 aliphatic heterocycles. The van der Waals surface area contributed by atoms with Crippen LogP contribution in [-0.4, -0.2) is 152 Å². The van der Waals surface area contributed by atoms with Crippen LogP contribution in [0.2, 0.25) is 0 Å². The van der Waals surface area contributed by atoms with Crippen LogP contribution in [0.4, 0.5) is 0 Å². The number of hydrogen-bond acceptors (Lipinski definition) is 8. The van der Waals surface area contributed by atoms with E-state index in [0.717, 1.165) is 106 Å². The normalized spacial score (nSPS) is 20.9. The van der Waals surface area contributed by atoms with Gasteiger partial charge in [0.1, 0.15) is 0 Å². The van der Waals surface area contributed by atoms with Crippen LogP contribution in [0.3, 0.4) is 0 Å². The average Bonchev–Trinajstić information content (AvgIpc) is 3.95. The third kappa shape index (κ3) is 53.9. The second kappa shape index (κ2) is 57.5. The van der Waals surface area contributed by atoms with Crippen molar-refractivity contribution in [3.63, 3.8) is 0 Å². The van der Waals surface area contributed by atoms with Gasteiger partial charge < -0.3 is 106 Å². The van der Waals surface area contributed by atoms with E-state index in [-0.39, 0.29) is 114 Å². The van der Waals surface area contributed by atoms with E-state index in [1.54, 1.807) is 0 Å². The Morgan fingerprint density at radius 3 is 0.239 bits per heavy atom. The number of halogens is 4. The Balaban J connectivity index is -0.0000000976. The Labute approximate surface area is 357 Å². The van der Waals surface area contributed by atoms with Gasteiger partial charge in [-0.25, -0.2) is 0 Å². The molecular formula is C32H64Br4Mg2O8. The van der Waals surface area contributed by atoms with Crippen molar-refractivity contribution in [3.05, 3.63) is 0 Å². The molecule has 8 heterocycles. The van der Waals surface area contributed by atoms with E-state index in [1.807, 2.05) is 0 Å². The van der Waals surface area contributed by atoms with Crippen LogP contribution in [0.25, 0.3) is 0 Å². The fourth-order valence-electron chi connectivity index (χ4n) is 4.08. The summed E-state index contributed by atoms with van der Waals surface area (Å²) in [7, 11) is 0. The molecule has 0 bridgehead atoms. The molecule has 0 unspecified atom stereocenters. The number of hydrogen-bond donors (Lipinski definition) is 0. The van der Waals surface area contributed by atoms with Crippen molar-refractivity contribution in [3.8, 4) is 0 Å². The van der Waals surface area contributed by atoms with Gasteiger partial charge in [-0.1, -0.05) is 0 Å². The first-order valence-electron chi connectivity index (χ1n) is 16.6. The standard InChI is InChI=1S/8C4H8O.4BrH.2Mg/c8*1-2-4-5-3-1;;;;;;/h8*1-4H2;4*1H;;/q;;;;;;;;;;;;2*+2/p-4. The molecule has 272 valence electrons. The third-order valence-corrected chi connectivity index (χ3v) is 6.62. The van der Waals surface area contributed by atoms with Crippen LogP contribution in [0, 0.1) is 0 Å². The molecule has 8 fully saturated rings. The quantitative estimate of drug-likeness (QED) is 0.223. The van der Waals surface area contributed by atoms with Crippen molar-refractivity contribution >= 4 is 46.1 Å². The van der Waals surface area contributed by atoms with Gasteiger partial charge in [-0.2, -0.15) is 0 Å². The van der Waals surface area contributed by atoms with Gasteiger partial charge in [0, 0.05) is 106 Å². The maximum absolute atomic E-state index is 4.94. The van der Waals surface area contributed by atoms with Crippen molar-refractivity contribution in [2.75, 3.05) is 106 Å². The predicted molar refractivity (Wildman–Crippen MR) is 172 cm³/mol. The first-order valence-corrected chi connectivity index (χ1v) is 16.6. The van der Waals surface area contributed by atoms with Crippen molar-refractivity contribution in [1.29, 1.82) is 0 Å². The smallest absolute Gasteiger partial charge is 1.00 e. The van der Waals surface area contributed by atoms with Crippen LogP contribution < -0.4 is 67.9 Å². The van der Waals surface area contributed by atoms with Gasteiger partial charge in [0.05, 0.1) is 0 Å². The van der Waals surface area contributed by atoms with Gasteiger partial charge in [0.25, 0.3) is 0 Å². The molecule has 0 aliphatic carbocycles. The Kier molecular flexibility index (Phi) is 76.4. The van der Waals surface area contributed by atoms with Gasteiger partial charge in [-0.05, 0) is 103 Å². The van der Waals surface area contributed by atoms with E-state index in [0.29, 0.717) is 0 Å². The van der Waals surface area contributed by atoms with Gasteiger partial charge in [0.15, 0.2) is 0 Å². The first-order chi connectivity index (χ1) is 20.0. The molecule has 46 heavy (non-hydrogen) atoms. The summed E-state index contributed by atoms with van der Waals surface area (Å²) in [5.41, 5.74) is 0. The summed E-state index contributed by atoms with van der Waals surface area (Å²) in [5.74, 6) is 0. The average molecular weight is 945 g/mol. The molecule has 0 saturated carbocycles. The topological polar surface area (TPSA) is 73.8 Å². The van der Waals surface area contributed by atoms with E-state index < -0.39 is 0 Å². The predicted octanol–water partition coefficient (Wildman–Crippen LogP) is -6.37. The summed E-state index contributed by atoms with van der Waals surface area (Å²) >= 11 is 0. The Hall–Kier alpha value is 3.13. The van der Waals surface area contributed by atoms with Crippen molar-refractivity contribution in [2.45, 2.75) is 103 Å². The molecule has 0 N–H and O–H groups in total. The molecule has 0 aromatic heterocycles. The zero-order valence-corrected chi connectivity index (χ0v) is 38.0. The van der Waals surface area contributed by atoms with Gasteiger partial charge in [0.2, 0.25) is 0 Å². The molecule has 8 aliphatic rings. The molecule has 8 rings (SSSR count).